The van der Waals surface area contributed by atoms with E-state index in [4.69, 9.17) is 0 Å². The maximum Gasteiger partial charge on any atom is 0.255 e. The number of carbonyl (C=O) groups is 1. The number of nitrogens with one attached hydrogen (secondary N) is 1. The van der Waals surface area contributed by atoms with Gasteiger partial charge >= 0.3 is 0 Å². The molecule has 0 bridgehead atoms. The Kier molecular flexibility index (Phi) is 8.09. The third kappa shape index (κ3) is 4.33. The zero-order valence-corrected chi connectivity index (χ0v) is 13.8. The largest absolute Gasteiger partial charge is 0.337 e. The normalized spacial score (nSPS) is 17.9. The van der Waals surface area contributed by atoms with Gasteiger partial charge in [-0.1, -0.05) is 0 Å². The highest BCUT2D eigenvalue weighted by molar-refractivity contribution is 5.95. The molecule has 0 saturated carbocycles. The first-order valence-corrected chi connectivity index (χ1v) is 6.52. The lowest BCUT2D eigenvalue weighted by atomic mass is 10.0. The van der Waals surface area contributed by atoms with Gasteiger partial charge in [0.2, 0.25) is 0 Å². The van der Waals surface area contributed by atoms with Gasteiger partial charge in [-0.15, -0.1) is 24.8 Å². The summed E-state index contributed by atoms with van der Waals surface area (Å²) in [6.45, 7) is 5.49. The number of amides is 1. The summed E-state index contributed by atoms with van der Waals surface area (Å²) in [5.74, 6) is 0.111. The lowest BCUT2D eigenvalue weighted by Gasteiger charge is -2.32. The van der Waals surface area contributed by atoms with Crippen molar-refractivity contribution in [2.45, 2.75) is 32.7 Å². The first kappa shape index (κ1) is 19.2. The number of hydrogen-bond donors (Lipinski definition) is 1. The van der Waals surface area contributed by atoms with Crippen LogP contribution in [0.25, 0.3) is 0 Å². The quantitative estimate of drug-likeness (QED) is 0.910. The molecular formula is C14H23Cl2N3O. The number of nitrogens with zero attached hydrogens (tertiary/aromatic N) is 2. The molecule has 0 radical (unpaired) electrons. The second-order valence-corrected chi connectivity index (χ2v) is 4.96. The zero-order valence-electron chi connectivity index (χ0n) is 12.2. The average molecular weight is 320 g/mol. The van der Waals surface area contributed by atoms with Crippen LogP contribution in [0.15, 0.2) is 12.1 Å². The molecule has 0 aromatic carbocycles. The van der Waals surface area contributed by atoms with E-state index in [0.29, 0.717) is 6.04 Å². The molecule has 1 aromatic rings. The fraction of sp³-hybridized carbons (Fsp3) is 0.571. The fourth-order valence-electron chi connectivity index (χ4n) is 2.48. The van der Waals surface area contributed by atoms with Crippen LogP contribution in [0.3, 0.4) is 0 Å². The molecule has 114 valence electrons. The van der Waals surface area contributed by atoms with Gasteiger partial charge in [0.25, 0.3) is 5.91 Å². The molecule has 0 aliphatic carbocycles. The van der Waals surface area contributed by atoms with E-state index in [2.05, 4.69) is 10.3 Å². The van der Waals surface area contributed by atoms with E-state index in [0.717, 1.165) is 42.9 Å². The van der Waals surface area contributed by atoms with Gasteiger partial charge in [0, 0.05) is 24.8 Å². The van der Waals surface area contributed by atoms with Crippen molar-refractivity contribution in [2.75, 3.05) is 20.1 Å². The van der Waals surface area contributed by atoms with Crippen LogP contribution in [0, 0.1) is 13.8 Å². The second kappa shape index (κ2) is 8.45. The second-order valence-electron chi connectivity index (χ2n) is 4.96. The van der Waals surface area contributed by atoms with Gasteiger partial charge in [-0.2, -0.15) is 0 Å². The minimum atomic E-state index is 0. The fourth-order valence-corrected chi connectivity index (χ4v) is 2.48. The molecule has 20 heavy (non-hydrogen) atoms. The number of hydrogen-bond acceptors (Lipinski definition) is 3. The Hall–Kier alpha value is -0.840. The number of likely N-dealkylation sites (tertiary alicyclic amines) is 1. The Morgan fingerprint density at radius 3 is 2.65 bits per heavy atom. The van der Waals surface area contributed by atoms with Crippen molar-refractivity contribution in [3.05, 3.63) is 29.1 Å². The minimum absolute atomic E-state index is 0. The molecule has 1 aliphatic heterocycles. The number of piperidine rings is 1. The Labute approximate surface area is 133 Å². The topological polar surface area (TPSA) is 45.2 Å². The van der Waals surface area contributed by atoms with Crippen molar-refractivity contribution >= 4 is 30.7 Å². The minimum Gasteiger partial charge on any atom is -0.337 e. The number of rotatable bonds is 2. The van der Waals surface area contributed by atoms with E-state index in [-0.39, 0.29) is 30.7 Å². The Bertz CT molecular complexity index is 454. The van der Waals surface area contributed by atoms with E-state index in [1.165, 1.54) is 0 Å². The highest BCUT2D eigenvalue weighted by atomic mass is 35.5. The maximum absolute atomic E-state index is 12.5. The zero-order chi connectivity index (χ0) is 13.1. The van der Waals surface area contributed by atoms with Crippen LogP contribution in [-0.2, 0) is 0 Å². The Balaban J connectivity index is 0.00000180. The predicted octanol–water partition coefficient (Wildman–Crippen LogP) is 2.37. The lowest BCUT2D eigenvalue weighted by molar-refractivity contribution is 0.0697. The van der Waals surface area contributed by atoms with Crippen LogP contribution >= 0.6 is 24.8 Å². The van der Waals surface area contributed by atoms with E-state index in [1.807, 2.05) is 37.9 Å². The van der Waals surface area contributed by atoms with Gasteiger partial charge in [0.05, 0.1) is 11.3 Å². The van der Waals surface area contributed by atoms with Crippen molar-refractivity contribution in [1.82, 2.24) is 15.2 Å². The molecule has 6 heteroatoms. The molecule has 1 fully saturated rings. The van der Waals surface area contributed by atoms with Crippen molar-refractivity contribution < 1.29 is 4.79 Å². The summed E-state index contributed by atoms with van der Waals surface area (Å²) in [5.41, 5.74) is 2.51. The smallest absolute Gasteiger partial charge is 0.255 e. The maximum atomic E-state index is 12.5. The number of carbonyl (C=O) groups excluding carboxylic acids is 1. The highest BCUT2D eigenvalue weighted by Gasteiger charge is 2.24. The molecule has 1 saturated heterocycles. The molecule has 1 unspecified atom stereocenters. The van der Waals surface area contributed by atoms with Gasteiger partial charge in [0.15, 0.2) is 0 Å². The van der Waals surface area contributed by atoms with Crippen molar-refractivity contribution in [3.63, 3.8) is 0 Å². The van der Waals surface area contributed by atoms with E-state index >= 15 is 0 Å². The van der Waals surface area contributed by atoms with Crippen molar-refractivity contribution in [3.8, 4) is 0 Å². The van der Waals surface area contributed by atoms with E-state index in [1.54, 1.807) is 0 Å². The number of aromatic nitrogens is 1. The van der Waals surface area contributed by atoms with Gasteiger partial charge < -0.3 is 10.2 Å². The molecule has 1 aliphatic rings. The summed E-state index contributed by atoms with van der Waals surface area (Å²) < 4.78 is 0. The van der Waals surface area contributed by atoms with Gasteiger partial charge in [-0.3, -0.25) is 9.78 Å². The molecule has 2 heterocycles. The Morgan fingerprint density at radius 1 is 1.35 bits per heavy atom. The third-order valence-corrected chi connectivity index (χ3v) is 3.57. The average Bonchev–Trinajstić information content (AvgIpc) is 2.38. The monoisotopic (exact) mass is 319 g/mol. The van der Waals surface area contributed by atoms with Crippen LogP contribution in [0.4, 0.5) is 0 Å². The van der Waals surface area contributed by atoms with Crippen molar-refractivity contribution in [1.29, 1.82) is 0 Å². The summed E-state index contributed by atoms with van der Waals surface area (Å²) in [6.07, 6.45) is 2.21. The van der Waals surface area contributed by atoms with Crippen LogP contribution in [0.1, 0.15) is 34.6 Å². The first-order valence-electron chi connectivity index (χ1n) is 6.52. The van der Waals surface area contributed by atoms with Gasteiger partial charge in [-0.05, 0) is 45.9 Å². The van der Waals surface area contributed by atoms with Crippen LogP contribution in [0.2, 0.25) is 0 Å². The van der Waals surface area contributed by atoms with Gasteiger partial charge in [-0.25, -0.2) is 0 Å². The molecule has 0 spiro atoms. The molecule has 1 amide bonds. The molecule has 4 nitrogen and oxygen atoms in total. The van der Waals surface area contributed by atoms with E-state index < -0.39 is 0 Å². The summed E-state index contributed by atoms with van der Waals surface area (Å²) in [5, 5.41) is 3.25. The SMILES string of the molecule is CNC1CCCN(C(=O)c2ccc(C)nc2C)C1.Cl.Cl. The van der Waals surface area contributed by atoms with Crippen molar-refractivity contribution in [2.24, 2.45) is 0 Å². The van der Waals surface area contributed by atoms with Gasteiger partial charge in [0.1, 0.15) is 0 Å². The third-order valence-electron chi connectivity index (χ3n) is 3.57. The number of halogens is 2. The number of likely N-dealkylation sites (N-methyl/N-ethyl adjacent to an activating group) is 1. The lowest BCUT2D eigenvalue weighted by Crippen LogP contribution is -2.47. The van der Waals surface area contributed by atoms with Crippen LogP contribution < -0.4 is 5.32 Å². The Morgan fingerprint density at radius 2 is 2.05 bits per heavy atom. The summed E-state index contributed by atoms with van der Waals surface area (Å²) in [6, 6.07) is 4.21. The standard InChI is InChI=1S/C14H21N3O.2ClH/c1-10-6-7-13(11(2)16-10)14(18)17-8-4-5-12(9-17)15-3;;/h6-7,12,15H,4-5,8-9H2,1-3H3;2*1H. The highest BCUT2D eigenvalue weighted by Crippen LogP contribution is 2.15. The summed E-state index contributed by atoms with van der Waals surface area (Å²) >= 11 is 0. The number of pyridine rings is 1. The molecule has 1 N–H and O–H groups in total. The summed E-state index contributed by atoms with van der Waals surface area (Å²) in [4.78, 5) is 18.8. The summed E-state index contributed by atoms with van der Waals surface area (Å²) in [7, 11) is 1.96. The van der Waals surface area contributed by atoms with Crippen LogP contribution in [-0.4, -0.2) is 42.0 Å². The molecule has 1 aromatic heterocycles. The predicted molar refractivity (Wildman–Crippen MR) is 86.2 cm³/mol. The van der Waals surface area contributed by atoms with Crippen LogP contribution in [0.5, 0.6) is 0 Å². The number of aryl methyl sites for hydroxylation is 2. The molecular weight excluding hydrogens is 297 g/mol. The molecule has 1 atom stereocenters. The molecule has 2 rings (SSSR count). The first-order chi connectivity index (χ1) is 8.61. The van der Waals surface area contributed by atoms with E-state index in [9.17, 15) is 4.79 Å².